The SMILES string of the molecule is CC.CC(=O)c1ccc(-c2ccncc2F)cc1.CNC(=O)C(C)C(=O)NO. The molecule has 8 heteroatoms. The predicted molar refractivity (Wildman–Crippen MR) is 104 cm³/mol. The number of rotatable bonds is 4. The molecule has 2 amide bonds. The molecule has 0 spiro atoms. The van der Waals surface area contributed by atoms with Crippen molar-refractivity contribution in [3.05, 3.63) is 54.1 Å². The van der Waals surface area contributed by atoms with Crippen molar-refractivity contribution < 1.29 is 24.0 Å². The van der Waals surface area contributed by atoms with Crippen LogP contribution in [0.15, 0.2) is 42.7 Å². The van der Waals surface area contributed by atoms with Crippen LogP contribution in [0.1, 0.15) is 38.1 Å². The van der Waals surface area contributed by atoms with Gasteiger partial charge in [0.05, 0.1) is 6.20 Å². The highest BCUT2D eigenvalue weighted by Crippen LogP contribution is 2.22. The molecule has 1 unspecified atom stereocenters. The van der Waals surface area contributed by atoms with E-state index in [2.05, 4.69) is 10.3 Å². The fourth-order valence-corrected chi connectivity index (χ4v) is 1.93. The lowest BCUT2D eigenvalue weighted by Crippen LogP contribution is -2.36. The van der Waals surface area contributed by atoms with Crippen molar-refractivity contribution in [3.8, 4) is 11.1 Å². The van der Waals surface area contributed by atoms with Crippen LogP contribution >= 0.6 is 0 Å². The molecular formula is C20H26FN3O4. The van der Waals surface area contributed by atoms with Crippen LogP contribution in [0, 0.1) is 11.7 Å². The highest BCUT2D eigenvalue weighted by atomic mass is 19.1. The number of carbonyl (C=O) groups is 3. The van der Waals surface area contributed by atoms with E-state index in [1.807, 2.05) is 13.8 Å². The van der Waals surface area contributed by atoms with Crippen molar-refractivity contribution in [3.63, 3.8) is 0 Å². The van der Waals surface area contributed by atoms with Gasteiger partial charge in [0.25, 0.3) is 5.91 Å². The summed E-state index contributed by atoms with van der Waals surface area (Å²) in [5.41, 5.74) is 3.24. The maximum Gasteiger partial charge on any atom is 0.255 e. The zero-order valence-electron chi connectivity index (χ0n) is 16.6. The molecule has 2 aromatic rings. The molecule has 1 aromatic carbocycles. The molecule has 0 bridgehead atoms. The summed E-state index contributed by atoms with van der Waals surface area (Å²) in [6.07, 6.45) is 2.71. The van der Waals surface area contributed by atoms with Crippen LogP contribution in [-0.2, 0) is 9.59 Å². The summed E-state index contributed by atoms with van der Waals surface area (Å²) >= 11 is 0. The Morgan fingerprint density at radius 3 is 2.07 bits per heavy atom. The molecule has 0 saturated heterocycles. The van der Waals surface area contributed by atoms with Gasteiger partial charge < -0.3 is 5.32 Å². The van der Waals surface area contributed by atoms with E-state index < -0.39 is 17.7 Å². The van der Waals surface area contributed by atoms with E-state index in [9.17, 15) is 18.8 Å². The summed E-state index contributed by atoms with van der Waals surface area (Å²) < 4.78 is 13.4. The number of amides is 2. The second-order valence-corrected chi connectivity index (χ2v) is 5.30. The first kappa shape index (κ1) is 24.9. The summed E-state index contributed by atoms with van der Waals surface area (Å²) in [4.78, 5) is 35.9. The lowest BCUT2D eigenvalue weighted by atomic mass is 10.0. The summed E-state index contributed by atoms with van der Waals surface area (Å²) in [5.74, 6) is -2.35. The minimum Gasteiger partial charge on any atom is -0.358 e. The lowest BCUT2D eigenvalue weighted by molar-refractivity contribution is -0.139. The number of hydrogen-bond acceptors (Lipinski definition) is 5. The summed E-state index contributed by atoms with van der Waals surface area (Å²) in [5, 5.41) is 10.3. The van der Waals surface area contributed by atoms with E-state index in [-0.39, 0.29) is 11.6 Å². The van der Waals surface area contributed by atoms with E-state index in [1.54, 1.807) is 30.3 Å². The van der Waals surface area contributed by atoms with Gasteiger partial charge in [0.1, 0.15) is 11.7 Å². The van der Waals surface area contributed by atoms with Crippen molar-refractivity contribution in [2.75, 3.05) is 7.05 Å². The molecule has 28 heavy (non-hydrogen) atoms. The van der Waals surface area contributed by atoms with Crippen molar-refractivity contribution in [2.24, 2.45) is 5.92 Å². The lowest BCUT2D eigenvalue weighted by Gasteiger charge is -2.05. The fourth-order valence-electron chi connectivity index (χ4n) is 1.93. The Morgan fingerprint density at radius 2 is 1.64 bits per heavy atom. The Balaban J connectivity index is 0.000000528. The second kappa shape index (κ2) is 13.1. The standard InChI is InChI=1S/C13H10FNO.C5H10N2O3.C2H6/c1-9(16)10-2-4-11(5-3-10)12-6-7-15-8-13(12)14;1-3(4(8)6-2)5(9)7-10;1-2/h2-8H,1H3;3,10H,1-2H3,(H,6,8)(H,7,9);1-2H3. The molecular weight excluding hydrogens is 365 g/mol. The Morgan fingerprint density at radius 1 is 1.07 bits per heavy atom. The van der Waals surface area contributed by atoms with E-state index in [0.29, 0.717) is 11.1 Å². The van der Waals surface area contributed by atoms with Gasteiger partial charge in [0, 0.05) is 24.4 Å². The zero-order chi connectivity index (χ0) is 21.7. The average Bonchev–Trinajstić information content (AvgIpc) is 2.74. The third-order valence-electron chi connectivity index (χ3n) is 3.52. The summed E-state index contributed by atoms with van der Waals surface area (Å²) in [6, 6.07) is 8.46. The molecule has 1 aromatic heterocycles. The molecule has 1 atom stereocenters. The number of hydroxylamine groups is 1. The molecule has 0 aliphatic carbocycles. The molecule has 7 nitrogen and oxygen atoms in total. The van der Waals surface area contributed by atoms with Gasteiger partial charge in [-0.25, -0.2) is 9.87 Å². The average molecular weight is 391 g/mol. The maximum absolute atomic E-state index is 13.4. The second-order valence-electron chi connectivity index (χ2n) is 5.30. The molecule has 0 fully saturated rings. The first-order chi connectivity index (χ1) is 13.3. The normalized spacial score (nSPS) is 10.2. The van der Waals surface area contributed by atoms with E-state index >= 15 is 0 Å². The van der Waals surface area contributed by atoms with Gasteiger partial charge in [0.2, 0.25) is 5.91 Å². The number of carbonyl (C=O) groups excluding carboxylic acids is 3. The van der Waals surface area contributed by atoms with Crippen LogP contribution in [0.25, 0.3) is 11.1 Å². The van der Waals surface area contributed by atoms with Gasteiger partial charge in [-0.2, -0.15) is 0 Å². The smallest absolute Gasteiger partial charge is 0.255 e. The minimum absolute atomic E-state index is 0.00162. The Hall–Kier alpha value is -3.13. The summed E-state index contributed by atoms with van der Waals surface area (Å²) in [7, 11) is 1.42. The molecule has 152 valence electrons. The van der Waals surface area contributed by atoms with E-state index in [0.717, 1.165) is 5.56 Å². The Labute approximate surface area is 164 Å². The fraction of sp³-hybridized carbons (Fsp3) is 0.300. The van der Waals surface area contributed by atoms with Crippen LogP contribution in [-0.4, -0.2) is 34.8 Å². The number of hydrogen-bond donors (Lipinski definition) is 3. The van der Waals surface area contributed by atoms with Gasteiger partial charge in [-0.1, -0.05) is 38.1 Å². The van der Waals surface area contributed by atoms with Gasteiger partial charge in [-0.3, -0.25) is 24.6 Å². The van der Waals surface area contributed by atoms with Crippen LogP contribution in [0.5, 0.6) is 0 Å². The molecule has 0 saturated carbocycles. The number of Topliss-reactive ketones (excluding diaryl/α,β-unsaturated/α-hetero) is 1. The third-order valence-corrected chi connectivity index (χ3v) is 3.52. The zero-order valence-corrected chi connectivity index (χ0v) is 16.6. The number of nitrogens with one attached hydrogen (secondary N) is 2. The number of benzene rings is 1. The highest BCUT2D eigenvalue weighted by molar-refractivity contribution is 5.99. The minimum atomic E-state index is -0.852. The van der Waals surface area contributed by atoms with Gasteiger partial charge in [0.15, 0.2) is 5.78 Å². The number of pyridine rings is 1. The maximum atomic E-state index is 13.4. The molecule has 1 heterocycles. The quantitative estimate of drug-likeness (QED) is 0.321. The van der Waals surface area contributed by atoms with Crippen molar-refractivity contribution in [2.45, 2.75) is 27.7 Å². The molecule has 0 aliphatic heterocycles. The largest absolute Gasteiger partial charge is 0.358 e. The monoisotopic (exact) mass is 391 g/mol. The molecule has 0 aliphatic rings. The van der Waals surface area contributed by atoms with Crippen molar-refractivity contribution in [1.82, 2.24) is 15.8 Å². The first-order valence-corrected chi connectivity index (χ1v) is 8.68. The van der Waals surface area contributed by atoms with E-state index in [4.69, 9.17) is 5.21 Å². The van der Waals surface area contributed by atoms with Gasteiger partial charge >= 0.3 is 0 Å². The highest BCUT2D eigenvalue weighted by Gasteiger charge is 2.18. The number of nitrogens with zero attached hydrogens (tertiary/aromatic N) is 1. The first-order valence-electron chi connectivity index (χ1n) is 8.68. The third kappa shape index (κ3) is 7.63. The van der Waals surface area contributed by atoms with Crippen LogP contribution in [0.3, 0.4) is 0 Å². The number of aromatic nitrogens is 1. The predicted octanol–water partition coefficient (Wildman–Crippen LogP) is 2.99. The van der Waals surface area contributed by atoms with Crippen LogP contribution in [0.4, 0.5) is 4.39 Å². The van der Waals surface area contributed by atoms with Gasteiger partial charge in [-0.15, -0.1) is 0 Å². The topological polar surface area (TPSA) is 108 Å². The molecule has 3 N–H and O–H groups in total. The van der Waals surface area contributed by atoms with Crippen LogP contribution in [0.2, 0.25) is 0 Å². The molecule has 2 rings (SSSR count). The number of halogens is 1. The van der Waals surface area contributed by atoms with E-state index in [1.165, 1.54) is 38.8 Å². The van der Waals surface area contributed by atoms with Crippen molar-refractivity contribution >= 4 is 17.6 Å². The summed E-state index contributed by atoms with van der Waals surface area (Å²) in [6.45, 7) is 6.90. The Bertz CT molecular complexity index is 763. The van der Waals surface area contributed by atoms with Gasteiger partial charge in [-0.05, 0) is 25.5 Å². The molecule has 0 radical (unpaired) electrons. The van der Waals surface area contributed by atoms with Crippen molar-refractivity contribution in [1.29, 1.82) is 0 Å². The number of ketones is 1. The Kier molecular flexibility index (Phi) is 11.6. The van der Waals surface area contributed by atoms with Crippen LogP contribution < -0.4 is 10.8 Å².